The van der Waals surface area contributed by atoms with Gasteiger partial charge in [-0.3, -0.25) is 4.79 Å². The van der Waals surface area contributed by atoms with Crippen molar-refractivity contribution in [2.24, 2.45) is 11.8 Å². The molecule has 0 spiro atoms. The van der Waals surface area contributed by atoms with Gasteiger partial charge in [0.15, 0.2) is 5.82 Å². The first kappa shape index (κ1) is 26.7. The Labute approximate surface area is 197 Å². The summed E-state index contributed by atoms with van der Waals surface area (Å²) in [6.07, 6.45) is -4.05. The van der Waals surface area contributed by atoms with Crippen LogP contribution in [0.2, 0.25) is 10.0 Å². The molecule has 2 atom stereocenters. The van der Waals surface area contributed by atoms with Crippen molar-refractivity contribution in [2.75, 3.05) is 5.32 Å². The maximum Gasteiger partial charge on any atom is 0.503 e. The third-order valence-corrected chi connectivity index (χ3v) is 5.77. The minimum absolute atomic E-state index is 0.143. The van der Waals surface area contributed by atoms with E-state index < -0.39 is 35.9 Å². The molecule has 1 saturated carbocycles. The molecule has 2 aromatic rings. The third-order valence-electron chi connectivity index (χ3n) is 5.16. The number of halogens is 6. The molecule has 0 aromatic heterocycles. The predicted octanol–water partition coefficient (Wildman–Crippen LogP) is 7.23. The lowest BCUT2D eigenvalue weighted by atomic mass is 9.85. The van der Waals surface area contributed by atoms with Crippen molar-refractivity contribution >= 4 is 41.0 Å². The van der Waals surface area contributed by atoms with Gasteiger partial charge in [-0.1, -0.05) is 42.3 Å². The van der Waals surface area contributed by atoms with Crippen LogP contribution in [-0.4, -0.2) is 28.5 Å². The van der Waals surface area contributed by atoms with Gasteiger partial charge < -0.3 is 15.5 Å². The molecular formula is C22H21Cl2F4NO4. The molecule has 5 nitrogen and oxygen atoms in total. The van der Waals surface area contributed by atoms with Crippen LogP contribution in [0.4, 0.5) is 28.0 Å². The predicted molar refractivity (Wildman–Crippen MR) is 117 cm³/mol. The van der Waals surface area contributed by atoms with Gasteiger partial charge in [-0.15, -0.1) is 0 Å². The number of alkyl halides is 3. The van der Waals surface area contributed by atoms with E-state index in [1.54, 1.807) is 0 Å². The zero-order chi connectivity index (χ0) is 24.9. The van der Waals surface area contributed by atoms with Crippen molar-refractivity contribution < 1.29 is 37.4 Å². The smallest absolute Gasteiger partial charge is 0.450 e. The van der Waals surface area contributed by atoms with E-state index in [-0.39, 0.29) is 21.8 Å². The summed E-state index contributed by atoms with van der Waals surface area (Å²) in [6.45, 7) is 0.926. The summed E-state index contributed by atoms with van der Waals surface area (Å²) in [6, 6.07) is 8.27. The lowest BCUT2D eigenvalue weighted by Gasteiger charge is -2.26. The average Bonchev–Trinajstić information content (AvgIpc) is 3.52. The molecule has 1 amide bonds. The van der Waals surface area contributed by atoms with Gasteiger partial charge >= 0.3 is 12.3 Å². The van der Waals surface area contributed by atoms with Crippen LogP contribution < -0.4 is 5.32 Å². The molecule has 3 N–H and O–H groups in total. The zero-order valence-electron chi connectivity index (χ0n) is 17.3. The van der Waals surface area contributed by atoms with Crippen molar-refractivity contribution in [3.05, 3.63) is 63.4 Å². The molecule has 11 heteroatoms. The maximum atomic E-state index is 14.9. The Morgan fingerprint density at radius 1 is 1.09 bits per heavy atom. The van der Waals surface area contributed by atoms with Crippen LogP contribution in [0.15, 0.2) is 36.4 Å². The van der Waals surface area contributed by atoms with Gasteiger partial charge in [0.1, 0.15) is 0 Å². The highest BCUT2D eigenvalue weighted by Gasteiger charge is 2.45. The Hall–Kier alpha value is -2.52. The molecule has 1 fully saturated rings. The van der Waals surface area contributed by atoms with Gasteiger partial charge in [-0.2, -0.15) is 13.2 Å². The van der Waals surface area contributed by atoms with E-state index >= 15 is 0 Å². The van der Waals surface area contributed by atoms with Gasteiger partial charge in [-0.25, -0.2) is 9.18 Å². The number of carboxylic acid groups (broad SMARTS) is 2. The van der Waals surface area contributed by atoms with Crippen LogP contribution in [0.25, 0.3) is 0 Å². The molecule has 0 aliphatic heterocycles. The summed E-state index contributed by atoms with van der Waals surface area (Å²) in [7, 11) is 0. The fourth-order valence-corrected chi connectivity index (χ4v) is 3.58. The molecule has 0 heterocycles. The summed E-state index contributed by atoms with van der Waals surface area (Å²) in [5.74, 6) is -4.85. The lowest BCUT2D eigenvalue weighted by molar-refractivity contribution is -0.178. The fourth-order valence-electron chi connectivity index (χ4n) is 3.23. The Balaban J connectivity index is 0.000000890. The highest BCUT2D eigenvalue weighted by molar-refractivity contribution is 6.31. The van der Waals surface area contributed by atoms with Gasteiger partial charge in [0.2, 0.25) is 5.91 Å². The monoisotopic (exact) mass is 509 g/mol. The van der Waals surface area contributed by atoms with Gasteiger partial charge in [-0.05, 0) is 55.0 Å². The Bertz CT molecular complexity index is 991. The Morgan fingerprint density at radius 3 is 2.12 bits per heavy atom. The molecule has 180 valence electrons. The molecule has 0 bridgehead atoms. The standard InChI is InChI=1S/C21H19Cl2F4NO.CH2O3/c1-11(21(25,26)27)18(13-4-6-14(22)7-5-13)20(29)28-17-9-8-16(23)15(19(17)24)10-12-2-3-12;2-1(3)4/h4-9,11-12,18H,2-3,10H2,1H3,(H,28,29);(H2,2,3,4)/t11-,18+;/m1./s1. The first-order valence-corrected chi connectivity index (χ1v) is 10.6. The first-order valence-electron chi connectivity index (χ1n) is 9.83. The fraction of sp³-hybridized carbons (Fsp3) is 0.364. The van der Waals surface area contributed by atoms with Crippen molar-refractivity contribution in [3.63, 3.8) is 0 Å². The number of carbonyl (C=O) groups excluding carboxylic acids is 1. The molecule has 1 aliphatic rings. The number of benzene rings is 2. The number of rotatable bonds is 6. The van der Waals surface area contributed by atoms with Gasteiger partial charge in [0.05, 0.1) is 17.5 Å². The number of nitrogens with one attached hydrogen (secondary N) is 1. The molecular weight excluding hydrogens is 489 g/mol. The number of carbonyl (C=O) groups is 2. The average molecular weight is 510 g/mol. The van der Waals surface area contributed by atoms with Crippen LogP contribution in [0.1, 0.15) is 36.8 Å². The summed E-state index contributed by atoms with van der Waals surface area (Å²) >= 11 is 11.9. The van der Waals surface area contributed by atoms with E-state index in [1.807, 2.05) is 0 Å². The molecule has 1 aliphatic carbocycles. The maximum absolute atomic E-state index is 14.9. The van der Waals surface area contributed by atoms with Crippen molar-refractivity contribution in [3.8, 4) is 0 Å². The van der Waals surface area contributed by atoms with E-state index in [4.69, 9.17) is 38.2 Å². The Kier molecular flexibility index (Phi) is 8.97. The number of hydrogen-bond acceptors (Lipinski definition) is 2. The highest BCUT2D eigenvalue weighted by Crippen LogP contribution is 2.40. The van der Waals surface area contributed by atoms with E-state index in [0.717, 1.165) is 19.8 Å². The second-order valence-corrected chi connectivity index (χ2v) is 8.51. The van der Waals surface area contributed by atoms with Crippen LogP contribution in [0.3, 0.4) is 0 Å². The topological polar surface area (TPSA) is 86.6 Å². The van der Waals surface area contributed by atoms with E-state index in [2.05, 4.69) is 5.32 Å². The highest BCUT2D eigenvalue weighted by atomic mass is 35.5. The third kappa shape index (κ3) is 7.78. The van der Waals surface area contributed by atoms with Crippen molar-refractivity contribution in [1.82, 2.24) is 0 Å². The number of hydrogen-bond donors (Lipinski definition) is 3. The van der Waals surface area contributed by atoms with Crippen LogP contribution >= 0.6 is 23.2 Å². The summed E-state index contributed by atoms with van der Waals surface area (Å²) in [5.41, 5.74) is 0.242. The zero-order valence-corrected chi connectivity index (χ0v) is 18.8. The quantitative estimate of drug-likeness (QED) is 0.358. The minimum atomic E-state index is -4.61. The SMILES string of the molecule is C[C@H]([C@H](C(=O)Nc1ccc(Cl)c(CC2CC2)c1F)c1ccc(Cl)cc1)C(F)(F)F.O=C(O)O. The van der Waals surface area contributed by atoms with Crippen molar-refractivity contribution in [2.45, 2.75) is 38.3 Å². The first-order chi connectivity index (χ1) is 15.3. The summed E-state index contributed by atoms with van der Waals surface area (Å²) in [4.78, 5) is 21.4. The second kappa shape index (κ2) is 11.1. The number of anilines is 1. The van der Waals surface area contributed by atoms with Crippen LogP contribution in [0.5, 0.6) is 0 Å². The van der Waals surface area contributed by atoms with Gasteiger partial charge in [0, 0.05) is 15.6 Å². The molecule has 0 saturated heterocycles. The number of amides is 1. The Morgan fingerprint density at radius 2 is 1.64 bits per heavy atom. The van der Waals surface area contributed by atoms with Crippen LogP contribution in [-0.2, 0) is 11.2 Å². The van der Waals surface area contributed by atoms with E-state index in [1.165, 1.54) is 36.4 Å². The molecule has 0 unspecified atom stereocenters. The second-order valence-electron chi connectivity index (χ2n) is 7.67. The summed E-state index contributed by atoms with van der Waals surface area (Å²) < 4.78 is 55.1. The molecule has 2 aromatic carbocycles. The van der Waals surface area contributed by atoms with Gasteiger partial charge in [0.25, 0.3) is 0 Å². The largest absolute Gasteiger partial charge is 0.503 e. The van der Waals surface area contributed by atoms with Crippen LogP contribution in [0, 0.1) is 17.7 Å². The molecule has 0 radical (unpaired) electrons. The molecule has 33 heavy (non-hydrogen) atoms. The minimum Gasteiger partial charge on any atom is -0.450 e. The lowest BCUT2D eigenvalue weighted by Crippen LogP contribution is -2.34. The molecule has 3 rings (SSSR count). The normalized spacial score (nSPS) is 15.1. The van der Waals surface area contributed by atoms with E-state index in [9.17, 15) is 22.4 Å². The van der Waals surface area contributed by atoms with Crippen molar-refractivity contribution in [1.29, 1.82) is 0 Å². The summed E-state index contributed by atoms with van der Waals surface area (Å²) in [5, 5.41) is 16.9. The van der Waals surface area contributed by atoms with E-state index in [0.29, 0.717) is 17.4 Å².